The Morgan fingerprint density at radius 1 is 1.24 bits per heavy atom. The lowest BCUT2D eigenvalue weighted by Crippen LogP contribution is -2.67. The van der Waals surface area contributed by atoms with Crippen LogP contribution < -0.4 is 5.73 Å². The molecule has 2 bridgehead atoms. The summed E-state index contributed by atoms with van der Waals surface area (Å²) in [5, 5.41) is 9.77. The molecule has 0 saturated carbocycles. The highest BCUT2D eigenvalue weighted by molar-refractivity contribution is 5.85. The highest BCUT2D eigenvalue weighted by atomic mass is 35.5. The van der Waals surface area contributed by atoms with E-state index in [1.54, 1.807) is 6.92 Å². The van der Waals surface area contributed by atoms with Crippen LogP contribution in [0.1, 0.15) is 38.2 Å². The average Bonchev–Trinajstić information content (AvgIpc) is 2.70. The van der Waals surface area contributed by atoms with Crippen molar-refractivity contribution in [2.45, 2.75) is 63.3 Å². The molecule has 3 heterocycles. The van der Waals surface area contributed by atoms with E-state index in [0.29, 0.717) is 25.4 Å². The molecule has 3 fully saturated rings. The second-order valence-electron chi connectivity index (χ2n) is 8.78. The van der Waals surface area contributed by atoms with E-state index >= 15 is 0 Å². The van der Waals surface area contributed by atoms with Gasteiger partial charge in [0.05, 0.1) is 6.10 Å². The lowest BCUT2D eigenvalue weighted by Gasteiger charge is -2.57. The number of amides is 2. The van der Waals surface area contributed by atoms with Crippen LogP contribution in [-0.2, 0) is 16.0 Å². The predicted octanol–water partition coefficient (Wildman–Crippen LogP) is 1.59. The lowest BCUT2D eigenvalue weighted by atomic mass is 9.70. The Morgan fingerprint density at radius 2 is 1.93 bits per heavy atom. The molecule has 2 amide bonds. The van der Waals surface area contributed by atoms with Crippen molar-refractivity contribution < 1.29 is 14.7 Å². The molecule has 0 spiro atoms. The zero-order valence-electron chi connectivity index (χ0n) is 16.9. The third-order valence-corrected chi connectivity index (χ3v) is 6.90. The molecule has 7 heteroatoms. The summed E-state index contributed by atoms with van der Waals surface area (Å²) in [7, 11) is 0. The molecule has 3 aliphatic rings. The van der Waals surface area contributed by atoms with Crippen molar-refractivity contribution in [3.05, 3.63) is 35.9 Å². The Hall–Kier alpha value is -1.63. The summed E-state index contributed by atoms with van der Waals surface area (Å²) in [4.78, 5) is 29.7. The molecule has 6 nitrogen and oxygen atoms in total. The molecule has 3 N–H and O–H groups in total. The van der Waals surface area contributed by atoms with Gasteiger partial charge >= 0.3 is 0 Å². The van der Waals surface area contributed by atoms with Gasteiger partial charge < -0.3 is 20.6 Å². The Balaban J connectivity index is 0.00000240. The number of hydrogen-bond donors (Lipinski definition) is 2. The van der Waals surface area contributed by atoms with E-state index in [9.17, 15) is 14.7 Å². The molecular weight excluding hydrogens is 390 g/mol. The maximum absolute atomic E-state index is 12.9. The number of halogens is 1. The van der Waals surface area contributed by atoms with Crippen molar-refractivity contribution in [3.63, 3.8) is 0 Å². The molecule has 0 unspecified atom stereocenters. The minimum Gasteiger partial charge on any atom is -0.391 e. The number of aliphatic hydroxyl groups is 1. The van der Waals surface area contributed by atoms with E-state index in [0.717, 1.165) is 25.7 Å². The zero-order chi connectivity index (χ0) is 19.8. The van der Waals surface area contributed by atoms with Gasteiger partial charge in [-0.1, -0.05) is 30.3 Å². The molecule has 3 aliphatic heterocycles. The number of fused-ring (bicyclic) bond motifs is 4. The van der Waals surface area contributed by atoms with Crippen molar-refractivity contribution in [2.75, 3.05) is 13.1 Å². The molecule has 1 aromatic carbocycles. The molecule has 160 valence electrons. The van der Waals surface area contributed by atoms with E-state index in [2.05, 4.69) is 17.0 Å². The quantitative estimate of drug-likeness (QED) is 0.772. The van der Waals surface area contributed by atoms with Crippen LogP contribution in [0.15, 0.2) is 30.3 Å². The topological polar surface area (TPSA) is 86.9 Å². The van der Waals surface area contributed by atoms with Gasteiger partial charge in [0, 0.05) is 31.6 Å². The fourth-order valence-corrected chi connectivity index (χ4v) is 5.49. The van der Waals surface area contributed by atoms with Crippen molar-refractivity contribution in [1.29, 1.82) is 0 Å². The first-order valence-electron chi connectivity index (χ1n) is 10.5. The van der Waals surface area contributed by atoms with Crippen molar-refractivity contribution in [1.82, 2.24) is 9.80 Å². The zero-order valence-corrected chi connectivity index (χ0v) is 17.8. The van der Waals surface area contributed by atoms with Crippen molar-refractivity contribution in [2.24, 2.45) is 17.6 Å². The van der Waals surface area contributed by atoms with Crippen LogP contribution in [0.5, 0.6) is 0 Å². The standard InChI is InChI=1S/C22H31N3O3.ClH/c1-14(26)21(23)22(28)24-12-16-11-17(13-24)19(10-15-6-3-2-4-7-15)25-18(16)8-5-9-20(25)27;/h2-4,6-7,14,16-19,21,26H,5,8-13,23H2,1H3;1H/t14-,16-,17+,18+,19+,21+;/m1./s1. The fraction of sp³-hybridized carbons (Fsp3) is 0.636. The van der Waals surface area contributed by atoms with Gasteiger partial charge in [-0.3, -0.25) is 9.59 Å². The monoisotopic (exact) mass is 421 g/mol. The van der Waals surface area contributed by atoms with Gasteiger partial charge in [-0.15, -0.1) is 12.4 Å². The number of carbonyl (C=O) groups is 2. The number of carbonyl (C=O) groups excluding carboxylic acids is 2. The third-order valence-electron chi connectivity index (χ3n) is 6.90. The molecule has 29 heavy (non-hydrogen) atoms. The number of piperidine rings is 3. The summed E-state index contributed by atoms with van der Waals surface area (Å²) in [6.07, 6.45) is 3.60. The molecule has 0 aliphatic carbocycles. The predicted molar refractivity (Wildman–Crippen MR) is 114 cm³/mol. The normalized spacial score (nSPS) is 30.8. The van der Waals surface area contributed by atoms with Crippen LogP contribution in [0.4, 0.5) is 0 Å². The Labute approximate surface area is 178 Å². The van der Waals surface area contributed by atoms with Gasteiger partial charge in [-0.25, -0.2) is 0 Å². The van der Waals surface area contributed by atoms with E-state index in [1.165, 1.54) is 5.56 Å². The smallest absolute Gasteiger partial charge is 0.242 e. The van der Waals surface area contributed by atoms with E-state index in [1.807, 2.05) is 23.1 Å². The second-order valence-corrected chi connectivity index (χ2v) is 8.78. The highest BCUT2D eigenvalue weighted by Crippen LogP contribution is 2.42. The molecule has 4 rings (SSSR count). The number of aliphatic hydroxyl groups excluding tert-OH is 1. The van der Waals surface area contributed by atoms with E-state index < -0.39 is 12.1 Å². The first-order chi connectivity index (χ1) is 13.5. The Kier molecular flexibility index (Phi) is 6.87. The van der Waals surface area contributed by atoms with Crippen LogP contribution in [0, 0.1) is 11.8 Å². The van der Waals surface area contributed by atoms with Gasteiger partial charge in [-0.05, 0) is 50.0 Å². The lowest BCUT2D eigenvalue weighted by molar-refractivity contribution is -0.157. The number of rotatable bonds is 4. The minimum absolute atomic E-state index is 0. The maximum atomic E-state index is 12.9. The van der Waals surface area contributed by atoms with Crippen molar-refractivity contribution in [3.8, 4) is 0 Å². The number of hydrogen-bond acceptors (Lipinski definition) is 4. The molecule has 0 aromatic heterocycles. The number of nitrogens with two attached hydrogens (primary N) is 1. The molecular formula is C22H32ClN3O3. The summed E-state index contributed by atoms with van der Waals surface area (Å²) in [5.74, 6) is 0.661. The van der Waals surface area contributed by atoms with Crippen LogP contribution >= 0.6 is 12.4 Å². The summed E-state index contributed by atoms with van der Waals surface area (Å²) in [6.45, 7) is 2.82. The van der Waals surface area contributed by atoms with E-state index in [4.69, 9.17) is 5.73 Å². The van der Waals surface area contributed by atoms with Gasteiger partial charge in [0.25, 0.3) is 0 Å². The molecule has 6 atom stereocenters. The van der Waals surface area contributed by atoms with Gasteiger partial charge in [0.1, 0.15) is 6.04 Å². The van der Waals surface area contributed by atoms with Crippen molar-refractivity contribution >= 4 is 24.2 Å². The molecule has 0 radical (unpaired) electrons. The second kappa shape index (κ2) is 9.02. The fourth-order valence-electron chi connectivity index (χ4n) is 5.49. The number of likely N-dealkylation sites (tertiary alicyclic amines) is 1. The SMILES string of the molecule is C[C@@H](O)[C@H](N)C(=O)N1C[C@H]2C[C@@H](C1)[C@H](Cc1ccccc1)N1C(=O)CCC[C@@H]21.Cl. The summed E-state index contributed by atoms with van der Waals surface area (Å²) >= 11 is 0. The number of benzene rings is 1. The molecule has 1 aromatic rings. The van der Waals surface area contributed by atoms with Crippen LogP contribution in [0.2, 0.25) is 0 Å². The minimum atomic E-state index is -0.879. The van der Waals surface area contributed by atoms with E-state index in [-0.39, 0.29) is 42.2 Å². The summed E-state index contributed by atoms with van der Waals surface area (Å²) in [6, 6.07) is 9.77. The van der Waals surface area contributed by atoms with Crippen LogP contribution in [0.3, 0.4) is 0 Å². The largest absolute Gasteiger partial charge is 0.391 e. The maximum Gasteiger partial charge on any atom is 0.242 e. The Bertz CT molecular complexity index is 729. The van der Waals surface area contributed by atoms with Gasteiger partial charge in [-0.2, -0.15) is 0 Å². The molecule has 3 saturated heterocycles. The first kappa shape index (κ1) is 22.1. The van der Waals surface area contributed by atoms with Crippen LogP contribution in [-0.4, -0.2) is 64.0 Å². The Morgan fingerprint density at radius 3 is 2.62 bits per heavy atom. The summed E-state index contributed by atoms with van der Waals surface area (Å²) in [5.41, 5.74) is 7.18. The van der Waals surface area contributed by atoms with Gasteiger partial charge in [0.15, 0.2) is 0 Å². The highest BCUT2D eigenvalue weighted by Gasteiger charge is 2.50. The average molecular weight is 422 g/mol. The first-order valence-corrected chi connectivity index (χ1v) is 10.5. The van der Waals surface area contributed by atoms with Gasteiger partial charge in [0.2, 0.25) is 11.8 Å². The number of nitrogens with zero attached hydrogens (tertiary/aromatic N) is 2. The third kappa shape index (κ3) is 4.30. The van der Waals surface area contributed by atoms with Crippen LogP contribution in [0.25, 0.3) is 0 Å². The summed E-state index contributed by atoms with van der Waals surface area (Å²) < 4.78 is 0.